The van der Waals surface area contributed by atoms with Gasteiger partial charge >= 0.3 is 0 Å². The van der Waals surface area contributed by atoms with Crippen LogP contribution in [-0.4, -0.2) is 15.5 Å². The Bertz CT molecular complexity index is 1120. The number of benzene rings is 2. The summed E-state index contributed by atoms with van der Waals surface area (Å²) in [7, 11) is 0. The van der Waals surface area contributed by atoms with Crippen LogP contribution in [0, 0.1) is 5.82 Å². The van der Waals surface area contributed by atoms with Gasteiger partial charge in [0.25, 0.3) is 0 Å². The van der Waals surface area contributed by atoms with Crippen LogP contribution in [-0.2, 0) is 11.3 Å². The standard InChI is InChI=1S/C21H15ClFN3OS/c22-16-11-15(8-9-17(16)23)24-20(27)12-26-10-4-7-19(26)21-25-18(13-28-21)14-5-2-1-3-6-14/h1-11,13H,12H2,(H,24,27). The lowest BCUT2D eigenvalue weighted by Gasteiger charge is -2.09. The van der Waals surface area contributed by atoms with E-state index in [1.54, 1.807) is 0 Å². The molecule has 28 heavy (non-hydrogen) atoms. The van der Waals surface area contributed by atoms with E-state index >= 15 is 0 Å². The highest BCUT2D eigenvalue weighted by Gasteiger charge is 2.13. The van der Waals surface area contributed by atoms with Crippen molar-refractivity contribution in [2.75, 3.05) is 5.32 Å². The maximum atomic E-state index is 13.3. The van der Waals surface area contributed by atoms with Crippen molar-refractivity contribution < 1.29 is 9.18 Å². The number of nitrogens with zero attached hydrogens (tertiary/aromatic N) is 2. The van der Waals surface area contributed by atoms with Crippen LogP contribution >= 0.6 is 22.9 Å². The van der Waals surface area contributed by atoms with Crippen LogP contribution in [0.15, 0.2) is 72.2 Å². The molecule has 7 heteroatoms. The highest BCUT2D eigenvalue weighted by Crippen LogP contribution is 2.29. The summed E-state index contributed by atoms with van der Waals surface area (Å²) in [6.07, 6.45) is 1.83. The minimum atomic E-state index is -0.523. The molecular formula is C21H15ClFN3OS. The van der Waals surface area contributed by atoms with Gasteiger partial charge in [0.05, 0.1) is 16.4 Å². The molecule has 0 saturated heterocycles. The molecule has 4 nitrogen and oxygen atoms in total. The number of thiazole rings is 1. The molecule has 0 aliphatic rings. The number of aromatic nitrogens is 2. The number of halogens is 2. The number of nitrogens with one attached hydrogen (secondary N) is 1. The maximum Gasteiger partial charge on any atom is 0.244 e. The summed E-state index contributed by atoms with van der Waals surface area (Å²) < 4.78 is 15.1. The lowest BCUT2D eigenvalue weighted by Crippen LogP contribution is -2.18. The number of hydrogen-bond donors (Lipinski definition) is 1. The third-order valence-corrected chi connectivity index (χ3v) is 5.29. The van der Waals surface area contributed by atoms with Gasteiger partial charge in [-0.05, 0) is 30.3 Å². The molecule has 1 N–H and O–H groups in total. The maximum absolute atomic E-state index is 13.3. The van der Waals surface area contributed by atoms with E-state index in [1.807, 2.05) is 58.6 Å². The molecule has 1 amide bonds. The molecule has 0 spiro atoms. The van der Waals surface area contributed by atoms with Crippen LogP contribution in [0.5, 0.6) is 0 Å². The van der Waals surface area contributed by atoms with Crippen LogP contribution in [0.4, 0.5) is 10.1 Å². The lowest BCUT2D eigenvalue weighted by atomic mass is 10.2. The van der Waals surface area contributed by atoms with E-state index < -0.39 is 5.82 Å². The summed E-state index contributed by atoms with van der Waals surface area (Å²) in [6, 6.07) is 17.8. The van der Waals surface area contributed by atoms with Gasteiger partial charge in [-0.25, -0.2) is 9.37 Å². The molecule has 0 aliphatic heterocycles. The summed E-state index contributed by atoms with van der Waals surface area (Å²) in [6.45, 7) is 0.109. The van der Waals surface area contributed by atoms with Crippen molar-refractivity contribution in [2.45, 2.75) is 6.54 Å². The quantitative estimate of drug-likeness (QED) is 0.457. The average molecular weight is 412 g/mol. The van der Waals surface area contributed by atoms with Crippen LogP contribution in [0.3, 0.4) is 0 Å². The second-order valence-electron chi connectivity index (χ2n) is 6.10. The van der Waals surface area contributed by atoms with E-state index in [-0.39, 0.29) is 17.5 Å². The number of anilines is 1. The Morgan fingerprint density at radius 1 is 1.14 bits per heavy atom. The van der Waals surface area contributed by atoms with Gasteiger partial charge in [0.15, 0.2) is 0 Å². The molecule has 2 aromatic heterocycles. The molecule has 0 atom stereocenters. The van der Waals surface area contributed by atoms with Gasteiger partial charge in [0.1, 0.15) is 17.4 Å². The SMILES string of the molecule is O=C(Cn1cccc1-c1nc(-c2ccccc2)cs1)Nc1ccc(F)c(Cl)c1. The molecule has 140 valence electrons. The Labute approximate surface area is 170 Å². The number of rotatable bonds is 5. The summed E-state index contributed by atoms with van der Waals surface area (Å²) >= 11 is 7.29. The van der Waals surface area contributed by atoms with E-state index in [9.17, 15) is 9.18 Å². The number of hydrogen-bond acceptors (Lipinski definition) is 3. The number of amides is 1. The highest BCUT2D eigenvalue weighted by atomic mass is 35.5. The van der Waals surface area contributed by atoms with Gasteiger partial charge in [-0.2, -0.15) is 0 Å². The molecule has 2 aromatic carbocycles. The minimum absolute atomic E-state index is 0.0318. The second kappa shape index (κ2) is 7.96. The molecule has 0 aliphatic carbocycles. The van der Waals surface area contributed by atoms with E-state index in [1.165, 1.54) is 29.5 Å². The molecule has 0 radical (unpaired) electrons. The van der Waals surface area contributed by atoms with Crippen molar-refractivity contribution in [1.29, 1.82) is 0 Å². The van der Waals surface area contributed by atoms with Gasteiger partial charge < -0.3 is 9.88 Å². The molecule has 2 heterocycles. The highest BCUT2D eigenvalue weighted by molar-refractivity contribution is 7.13. The van der Waals surface area contributed by atoms with Crippen molar-refractivity contribution >= 4 is 34.5 Å². The molecule has 0 bridgehead atoms. The van der Waals surface area contributed by atoms with Crippen molar-refractivity contribution in [3.8, 4) is 22.0 Å². The minimum Gasteiger partial charge on any atom is -0.336 e. The van der Waals surface area contributed by atoms with Crippen molar-refractivity contribution in [3.05, 3.63) is 83.1 Å². The van der Waals surface area contributed by atoms with E-state index in [4.69, 9.17) is 16.6 Å². The fraction of sp³-hybridized carbons (Fsp3) is 0.0476. The van der Waals surface area contributed by atoms with E-state index in [0.717, 1.165) is 22.0 Å². The first-order chi connectivity index (χ1) is 13.6. The van der Waals surface area contributed by atoms with Gasteiger partial charge in [-0.1, -0.05) is 41.9 Å². The Balaban J connectivity index is 1.51. The average Bonchev–Trinajstić information content (AvgIpc) is 3.34. The van der Waals surface area contributed by atoms with Crippen LogP contribution in [0.1, 0.15) is 0 Å². The first kappa shape index (κ1) is 18.4. The molecule has 0 fully saturated rings. The molecule has 0 saturated carbocycles. The zero-order chi connectivity index (χ0) is 19.5. The van der Waals surface area contributed by atoms with Gasteiger partial charge in [-0.3, -0.25) is 4.79 Å². The van der Waals surface area contributed by atoms with Crippen molar-refractivity contribution in [3.63, 3.8) is 0 Å². The van der Waals surface area contributed by atoms with Gasteiger partial charge in [0.2, 0.25) is 5.91 Å². The Kier molecular flexibility index (Phi) is 5.23. The third kappa shape index (κ3) is 3.98. The molecule has 0 unspecified atom stereocenters. The lowest BCUT2D eigenvalue weighted by molar-refractivity contribution is -0.116. The van der Waals surface area contributed by atoms with E-state index in [0.29, 0.717) is 5.69 Å². The normalized spacial score (nSPS) is 10.8. The van der Waals surface area contributed by atoms with Gasteiger partial charge in [-0.15, -0.1) is 11.3 Å². The molecule has 4 rings (SSSR count). The zero-order valence-electron chi connectivity index (χ0n) is 14.6. The fourth-order valence-electron chi connectivity index (χ4n) is 2.81. The van der Waals surface area contributed by atoms with Crippen molar-refractivity contribution in [2.24, 2.45) is 0 Å². The predicted molar refractivity (Wildman–Crippen MR) is 111 cm³/mol. The summed E-state index contributed by atoms with van der Waals surface area (Å²) in [5.74, 6) is -0.759. The smallest absolute Gasteiger partial charge is 0.244 e. The van der Waals surface area contributed by atoms with Gasteiger partial charge in [0, 0.05) is 22.8 Å². The van der Waals surface area contributed by atoms with Crippen LogP contribution < -0.4 is 5.32 Å². The Morgan fingerprint density at radius 3 is 2.75 bits per heavy atom. The van der Waals surface area contributed by atoms with Crippen LogP contribution in [0.2, 0.25) is 5.02 Å². The Hall–Kier alpha value is -2.96. The van der Waals surface area contributed by atoms with Crippen molar-refractivity contribution in [1.82, 2.24) is 9.55 Å². The summed E-state index contributed by atoms with van der Waals surface area (Å²) in [4.78, 5) is 17.1. The summed E-state index contributed by atoms with van der Waals surface area (Å²) in [5, 5.41) is 5.54. The monoisotopic (exact) mass is 411 g/mol. The molecular weight excluding hydrogens is 397 g/mol. The van der Waals surface area contributed by atoms with Crippen LogP contribution in [0.25, 0.3) is 22.0 Å². The Morgan fingerprint density at radius 2 is 1.96 bits per heavy atom. The van der Waals surface area contributed by atoms with E-state index in [2.05, 4.69) is 5.32 Å². The topological polar surface area (TPSA) is 46.9 Å². The first-order valence-corrected chi connectivity index (χ1v) is 9.77. The first-order valence-electron chi connectivity index (χ1n) is 8.51. The third-order valence-electron chi connectivity index (χ3n) is 4.14. The zero-order valence-corrected chi connectivity index (χ0v) is 16.2. The number of carbonyl (C=O) groups is 1. The fourth-order valence-corrected chi connectivity index (χ4v) is 3.86. The second-order valence-corrected chi connectivity index (χ2v) is 7.37. The number of carbonyl (C=O) groups excluding carboxylic acids is 1. The summed E-state index contributed by atoms with van der Waals surface area (Å²) in [5.41, 5.74) is 3.26. The largest absolute Gasteiger partial charge is 0.336 e. The predicted octanol–water partition coefficient (Wildman–Crippen LogP) is 5.71. The molecule has 4 aromatic rings.